The predicted molar refractivity (Wildman–Crippen MR) is 104 cm³/mol. The van der Waals surface area contributed by atoms with E-state index >= 15 is 0 Å². The molecule has 4 rings (SSSR count). The van der Waals surface area contributed by atoms with Gasteiger partial charge in [0.25, 0.3) is 0 Å². The monoisotopic (exact) mass is 370 g/mol. The summed E-state index contributed by atoms with van der Waals surface area (Å²) in [4.78, 5) is 17.2. The van der Waals surface area contributed by atoms with Crippen LogP contribution in [0.2, 0.25) is 0 Å². The van der Waals surface area contributed by atoms with E-state index in [0.717, 1.165) is 49.3 Å². The molecule has 26 heavy (non-hydrogen) atoms. The lowest BCUT2D eigenvalue weighted by Crippen LogP contribution is -2.46. The predicted octanol–water partition coefficient (Wildman–Crippen LogP) is 4.00. The molecule has 2 aromatic rings. The van der Waals surface area contributed by atoms with E-state index in [2.05, 4.69) is 11.5 Å². The molecule has 2 aliphatic heterocycles. The standard InChI is InChI=1S/C21H23FN2OS/c1-2-8-23-9-6-21(7-10-23)15-24(19-4-3-17(22)13-18(19)21)20(25)12-16-5-11-26-14-16/h2-5,11,13-14H,1,6-10,12,15H2. The molecule has 1 spiro atoms. The third-order valence-electron chi connectivity index (χ3n) is 5.72. The molecule has 0 aliphatic carbocycles. The maximum Gasteiger partial charge on any atom is 0.231 e. The van der Waals surface area contributed by atoms with Crippen LogP contribution < -0.4 is 4.90 Å². The van der Waals surface area contributed by atoms with Crippen LogP contribution in [0.3, 0.4) is 0 Å². The first-order valence-corrected chi connectivity index (χ1v) is 10.0. The topological polar surface area (TPSA) is 23.6 Å². The maximum absolute atomic E-state index is 14.0. The first kappa shape index (κ1) is 17.4. The number of anilines is 1. The van der Waals surface area contributed by atoms with Crippen molar-refractivity contribution >= 4 is 22.9 Å². The zero-order valence-corrected chi connectivity index (χ0v) is 15.6. The lowest BCUT2D eigenvalue weighted by Gasteiger charge is -2.39. The average Bonchev–Trinajstić information content (AvgIpc) is 3.24. The van der Waals surface area contributed by atoms with Crippen LogP contribution in [0, 0.1) is 5.82 Å². The number of carbonyl (C=O) groups is 1. The Morgan fingerprint density at radius 1 is 1.31 bits per heavy atom. The Morgan fingerprint density at radius 2 is 2.12 bits per heavy atom. The van der Waals surface area contributed by atoms with E-state index < -0.39 is 0 Å². The second-order valence-electron chi connectivity index (χ2n) is 7.32. The van der Waals surface area contributed by atoms with Gasteiger partial charge in [-0.25, -0.2) is 4.39 Å². The van der Waals surface area contributed by atoms with Gasteiger partial charge in [0.05, 0.1) is 6.42 Å². The van der Waals surface area contributed by atoms with Crippen molar-refractivity contribution in [1.29, 1.82) is 0 Å². The Bertz CT molecular complexity index is 809. The van der Waals surface area contributed by atoms with Gasteiger partial charge in [-0.15, -0.1) is 6.58 Å². The Hall–Kier alpha value is -1.98. The van der Waals surface area contributed by atoms with Crippen molar-refractivity contribution in [1.82, 2.24) is 4.90 Å². The highest BCUT2D eigenvalue weighted by molar-refractivity contribution is 7.08. The van der Waals surface area contributed by atoms with Crippen LogP contribution in [0.4, 0.5) is 10.1 Å². The third kappa shape index (κ3) is 3.10. The lowest BCUT2D eigenvalue weighted by atomic mass is 9.74. The molecule has 3 heterocycles. The Labute approximate surface area is 157 Å². The molecule has 1 aromatic heterocycles. The van der Waals surface area contributed by atoms with E-state index in [1.54, 1.807) is 23.5 Å². The van der Waals surface area contributed by atoms with Crippen LogP contribution in [0.1, 0.15) is 24.0 Å². The summed E-state index contributed by atoms with van der Waals surface area (Å²) in [6, 6.07) is 6.89. The number of halogens is 1. The summed E-state index contributed by atoms with van der Waals surface area (Å²) in [5.41, 5.74) is 2.82. The Morgan fingerprint density at radius 3 is 2.81 bits per heavy atom. The molecule has 1 amide bonds. The van der Waals surface area contributed by atoms with Gasteiger partial charge in [0.15, 0.2) is 0 Å². The number of piperidine rings is 1. The van der Waals surface area contributed by atoms with Gasteiger partial charge in [-0.05, 0) is 72.1 Å². The molecule has 0 unspecified atom stereocenters. The van der Waals surface area contributed by atoms with Crippen LogP contribution in [-0.2, 0) is 16.6 Å². The minimum atomic E-state index is -0.219. The normalized spacial score (nSPS) is 18.9. The molecule has 0 atom stereocenters. The second kappa shape index (κ2) is 6.97. The second-order valence-corrected chi connectivity index (χ2v) is 8.10. The first-order valence-electron chi connectivity index (χ1n) is 9.06. The lowest BCUT2D eigenvalue weighted by molar-refractivity contribution is -0.118. The number of amides is 1. The zero-order valence-electron chi connectivity index (χ0n) is 14.8. The van der Waals surface area contributed by atoms with Crippen LogP contribution in [0.15, 0.2) is 47.7 Å². The molecule has 136 valence electrons. The van der Waals surface area contributed by atoms with Gasteiger partial charge in [0.2, 0.25) is 5.91 Å². The third-order valence-corrected chi connectivity index (χ3v) is 6.45. The maximum atomic E-state index is 14.0. The molecule has 3 nitrogen and oxygen atoms in total. The van der Waals surface area contributed by atoms with E-state index in [0.29, 0.717) is 13.0 Å². The molecule has 1 fully saturated rings. The van der Waals surface area contributed by atoms with E-state index in [9.17, 15) is 9.18 Å². The largest absolute Gasteiger partial charge is 0.311 e. The number of thiophene rings is 1. The first-order chi connectivity index (χ1) is 12.6. The number of carbonyl (C=O) groups excluding carboxylic acids is 1. The summed E-state index contributed by atoms with van der Waals surface area (Å²) in [6.07, 6.45) is 4.22. The summed E-state index contributed by atoms with van der Waals surface area (Å²) in [7, 11) is 0. The number of nitrogens with zero attached hydrogens (tertiary/aromatic N) is 2. The number of hydrogen-bond donors (Lipinski definition) is 0. The summed E-state index contributed by atoms with van der Waals surface area (Å²) in [5.74, 6) is -0.120. The van der Waals surface area contributed by atoms with Gasteiger partial charge >= 0.3 is 0 Å². The number of benzene rings is 1. The highest BCUT2D eigenvalue weighted by atomic mass is 32.1. The van der Waals surface area contributed by atoms with E-state index in [-0.39, 0.29) is 17.1 Å². The number of fused-ring (bicyclic) bond motifs is 2. The molecule has 1 aromatic carbocycles. The van der Waals surface area contributed by atoms with E-state index in [4.69, 9.17) is 0 Å². The Balaban J connectivity index is 1.61. The molecule has 0 N–H and O–H groups in total. The molecule has 0 bridgehead atoms. The van der Waals surface area contributed by atoms with Crippen molar-refractivity contribution in [3.8, 4) is 0 Å². The van der Waals surface area contributed by atoms with Crippen molar-refractivity contribution in [2.75, 3.05) is 31.1 Å². The summed E-state index contributed by atoms with van der Waals surface area (Å²) >= 11 is 1.60. The molecule has 2 aliphatic rings. The van der Waals surface area contributed by atoms with Crippen molar-refractivity contribution in [2.45, 2.75) is 24.7 Å². The minimum Gasteiger partial charge on any atom is -0.311 e. The molecule has 0 radical (unpaired) electrons. The van der Waals surface area contributed by atoms with Gasteiger partial charge < -0.3 is 4.90 Å². The minimum absolute atomic E-state index is 0.0988. The average molecular weight is 370 g/mol. The van der Waals surface area contributed by atoms with Crippen molar-refractivity contribution in [2.24, 2.45) is 0 Å². The van der Waals surface area contributed by atoms with E-state index in [1.165, 1.54) is 6.07 Å². The fourth-order valence-corrected chi connectivity index (χ4v) is 4.97. The van der Waals surface area contributed by atoms with Gasteiger partial charge in [0.1, 0.15) is 5.82 Å². The summed E-state index contributed by atoms with van der Waals surface area (Å²) in [5, 5.41) is 4.01. The van der Waals surface area contributed by atoms with Crippen LogP contribution in [0.5, 0.6) is 0 Å². The number of likely N-dealkylation sites (tertiary alicyclic amines) is 1. The smallest absolute Gasteiger partial charge is 0.231 e. The molecule has 0 saturated carbocycles. The van der Waals surface area contributed by atoms with Crippen LogP contribution >= 0.6 is 11.3 Å². The highest BCUT2D eigenvalue weighted by Gasteiger charge is 2.46. The molecular formula is C21H23FN2OS. The van der Waals surface area contributed by atoms with Gasteiger partial charge in [-0.3, -0.25) is 9.69 Å². The Kier molecular flexibility index (Phi) is 4.67. The highest BCUT2D eigenvalue weighted by Crippen LogP contribution is 2.47. The molecule has 1 saturated heterocycles. The molecule has 5 heteroatoms. The van der Waals surface area contributed by atoms with Crippen LogP contribution in [-0.4, -0.2) is 37.0 Å². The van der Waals surface area contributed by atoms with Crippen LogP contribution in [0.25, 0.3) is 0 Å². The fourth-order valence-electron chi connectivity index (χ4n) is 4.30. The van der Waals surface area contributed by atoms with Gasteiger partial charge in [-0.2, -0.15) is 11.3 Å². The van der Waals surface area contributed by atoms with Gasteiger partial charge in [0, 0.05) is 24.2 Å². The molecular weight excluding hydrogens is 347 g/mol. The van der Waals surface area contributed by atoms with Crippen molar-refractivity contribution in [3.63, 3.8) is 0 Å². The van der Waals surface area contributed by atoms with Gasteiger partial charge in [-0.1, -0.05) is 6.08 Å². The van der Waals surface area contributed by atoms with Crippen molar-refractivity contribution in [3.05, 3.63) is 64.6 Å². The summed E-state index contributed by atoms with van der Waals surface area (Å²) in [6.45, 7) is 7.27. The number of hydrogen-bond acceptors (Lipinski definition) is 3. The summed E-state index contributed by atoms with van der Waals surface area (Å²) < 4.78 is 14.0. The quantitative estimate of drug-likeness (QED) is 0.760. The number of rotatable bonds is 4. The zero-order chi connectivity index (χ0) is 18.1. The van der Waals surface area contributed by atoms with Crippen molar-refractivity contribution < 1.29 is 9.18 Å². The fraction of sp³-hybridized carbons (Fsp3) is 0.381. The van der Waals surface area contributed by atoms with E-state index in [1.807, 2.05) is 27.8 Å². The SMILES string of the molecule is C=CCN1CCC2(CC1)CN(C(=O)Cc1ccsc1)c1ccc(F)cc12.